The fraction of sp³-hybridized carbons (Fsp3) is 0. The van der Waals surface area contributed by atoms with E-state index in [0.717, 1.165) is 21.8 Å². The van der Waals surface area contributed by atoms with Crippen molar-refractivity contribution in [1.29, 1.82) is 0 Å². The van der Waals surface area contributed by atoms with Gasteiger partial charge < -0.3 is 0 Å². The molecular formula is C51H31N. The van der Waals surface area contributed by atoms with E-state index in [0.29, 0.717) is 0 Å². The van der Waals surface area contributed by atoms with Crippen LogP contribution in [0.25, 0.3) is 109 Å². The smallest absolute Gasteiger partial charge is 0.0788 e. The topological polar surface area (TPSA) is 12.9 Å². The lowest BCUT2D eigenvalue weighted by molar-refractivity contribution is 1.51. The second-order valence-corrected chi connectivity index (χ2v) is 13.9. The summed E-state index contributed by atoms with van der Waals surface area (Å²) in [5.74, 6) is 0. The minimum atomic E-state index is 1.02. The lowest BCUT2D eigenvalue weighted by Gasteiger charge is -2.20. The molecule has 240 valence electrons. The first-order valence-electron chi connectivity index (χ1n) is 18.0. The lowest BCUT2D eigenvalue weighted by Crippen LogP contribution is -1.93. The summed E-state index contributed by atoms with van der Waals surface area (Å²) in [5.41, 5.74) is 9.46. The van der Waals surface area contributed by atoms with Crippen LogP contribution in [0.15, 0.2) is 188 Å². The lowest BCUT2D eigenvalue weighted by atomic mass is 9.83. The van der Waals surface area contributed by atoms with Gasteiger partial charge in [0.1, 0.15) is 0 Å². The summed E-state index contributed by atoms with van der Waals surface area (Å²) in [6.07, 6.45) is 0. The largest absolute Gasteiger partial charge is 0.247 e. The van der Waals surface area contributed by atoms with Crippen molar-refractivity contribution >= 4 is 75.7 Å². The van der Waals surface area contributed by atoms with Gasteiger partial charge in [-0.2, -0.15) is 0 Å². The summed E-state index contributed by atoms with van der Waals surface area (Å²) in [7, 11) is 0. The summed E-state index contributed by atoms with van der Waals surface area (Å²) < 4.78 is 0. The predicted octanol–water partition coefficient (Wildman–Crippen LogP) is 14.2. The van der Waals surface area contributed by atoms with E-state index in [1.54, 1.807) is 0 Å². The highest BCUT2D eigenvalue weighted by Crippen LogP contribution is 2.46. The molecule has 0 saturated carbocycles. The quantitative estimate of drug-likeness (QED) is 0.136. The van der Waals surface area contributed by atoms with Crippen LogP contribution in [-0.4, -0.2) is 4.98 Å². The number of para-hydroxylation sites is 1. The Kier molecular flexibility index (Phi) is 6.32. The van der Waals surface area contributed by atoms with E-state index in [-0.39, 0.29) is 0 Å². The molecule has 0 saturated heterocycles. The Bertz CT molecular complexity index is 3240. The molecule has 52 heavy (non-hydrogen) atoms. The van der Waals surface area contributed by atoms with E-state index in [9.17, 15) is 0 Å². The Morgan fingerprint density at radius 2 is 0.769 bits per heavy atom. The van der Waals surface area contributed by atoms with Crippen LogP contribution < -0.4 is 0 Å². The normalized spacial score (nSPS) is 11.8. The molecule has 0 spiro atoms. The SMILES string of the molecule is c1ccc2cc(-c3c4ccccc4c(-c4ccc5ccccc5c4)c4cc(-c5cc6cc7ccccc7nc6c6ccccc56)ccc34)ccc2c1. The number of rotatable bonds is 3. The van der Waals surface area contributed by atoms with Crippen LogP contribution in [0.5, 0.6) is 0 Å². The van der Waals surface area contributed by atoms with Gasteiger partial charge in [0.2, 0.25) is 0 Å². The van der Waals surface area contributed by atoms with Gasteiger partial charge in [0.05, 0.1) is 11.0 Å². The number of hydrogen-bond acceptors (Lipinski definition) is 1. The Labute approximate surface area is 301 Å². The van der Waals surface area contributed by atoms with Crippen molar-refractivity contribution < 1.29 is 0 Å². The molecule has 0 radical (unpaired) electrons. The van der Waals surface area contributed by atoms with Gasteiger partial charge in [0.25, 0.3) is 0 Å². The zero-order valence-electron chi connectivity index (χ0n) is 28.3. The van der Waals surface area contributed by atoms with Crippen molar-refractivity contribution in [1.82, 2.24) is 4.98 Å². The number of aromatic nitrogens is 1. The molecule has 1 heterocycles. The first-order chi connectivity index (χ1) is 25.8. The Morgan fingerprint density at radius 1 is 0.269 bits per heavy atom. The van der Waals surface area contributed by atoms with Crippen molar-refractivity contribution in [2.24, 2.45) is 0 Å². The Morgan fingerprint density at radius 3 is 1.44 bits per heavy atom. The van der Waals surface area contributed by atoms with Crippen LogP contribution in [-0.2, 0) is 0 Å². The van der Waals surface area contributed by atoms with Gasteiger partial charge in [-0.1, -0.05) is 152 Å². The minimum Gasteiger partial charge on any atom is -0.247 e. The maximum Gasteiger partial charge on any atom is 0.0788 e. The fourth-order valence-corrected chi connectivity index (χ4v) is 8.51. The number of fused-ring (bicyclic) bond motifs is 8. The number of benzene rings is 10. The van der Waals surface area contributed by atoms with E-state index >= 15 is 0 Å². The molecule has 0 atom stereocenters. The second kappa shape index (κ2) is 11.3. The van der Waals surface area contributed by atoms with Gasteiger partial charge in [0, 0.05) is 16.2 Å². The van der Waals surface area contributed by atoms with Crippen LogP contribution in [0.2, 0.25) is 0 Å². The van der Waals surface area contributed by atoms with Crippen LogP contribution >= 0.6 is 0 Å². The van der Waals surface area contributed by atoms with Crippen LogP contribution in [0.4, 0.5) is 0 Å². The highest BCUT2D eigenvalue weighted by atomic mass is 14.7. The fourth-order valence-electron chi connectivity index (χ4n) is 8.51. The number of pyridine rings is 1. The summed E-state index contributed by atoms with van der Waals surface area (Å²) >= 11 is 0. The maximum absolute atomic E-state index is 5.17. The van der Waals surface area contributed by atoms with Crippen LogP contribution in [0.3, 0.4) is 0 Å². The average Bonchev–Trinajstić information content (AvgIpc) is 3.21. The monoisotopic (exact) mass is 657 g/mol. The second-order valence-electron chi connectivity index (χ2n) is 13.9. The zero-order valence-corrected chi connectivity index (χ0v) is 28.3. The molecule has 11 rings (SSSR count). The van der Waals surface area contributed by atoms with E-state index in [1.165, 1.54) is 87.2 Å². The van der Waals surface area contributed by atoms with Gasteiger partial charge in [-0.3, -0.25) is 0 Å². The highest BCUT2D eigenvalue weighted by molar-refractivity contribution is 6.23. The zero-order chi connectivity index (χ0) is 34.2. The van der Waals surface area contributed by atoms with Crippen molar-refractivity contribution in [2.45, 2.75) is 0 Å². The molecule has 0 aliphatic rings. The first-order valence-corrected chi connectivity index (χ1v) is 18.0. The van der Waals surface area contributed by atoms with Gasteiger partial charge >= 0.3 is 0 Å². The van der Waals surface area contributed by atoms with Crippen molar-refractivity contribution in [3.8, 4) is 33.4 Å². The van der Waals surface area contributed by atoms with Gasteiger partial charge in [0.15, 0.2) is 0 Å². The standard InChI is InChI=1S/C51H31N/c1-3-13-34-27-38(23-21-32(34)11-1)49-42-17-7-8-18-43(42)50(39-24-22-33-12-2-4-14-35(33)28-39)47-30-36(25-26-44(47)49)46-31-40-29-37-15-5-10-20-48(37)52-51(40)45-19-9-6-16-41(45)46/h1-31H. The van der Waals surface area contributed by atoms with Gasteiger partial charge in [-0.25, -0.2) is 4.98 Å². The molecule has 0 unspecified atom stereocenters. The van der Waals surface area contributed by atoms with Crippen LogP contribution in [0.1, 0.15) is 0 Å². The van der Waals surface area contributed by atoms with Gasteiger partial charge in [-0.15, -0.1) is 0 Å². The maximum atomic E-state index is 5.17. The van der Waals surface area contributed by atoms with E-state index in [1.807, 2.05) is 0 Å². The number of hydrogen-bond donors (Lipinski definition) is 0. The molecule has 1 nitrogen and oxygen atoms in total. The first kappa shape index (κ1) is 29.0. The summed E-state index contributed by atoms with van der Waals surface area (Å²) in [6.45, 7) is 0. The average molecular weight is 658 g/mol. The molecular weight excluding hydrogens is 627 g/mol. The Balaban J connectivity index is 1.26. The highest BCUT2D eigenvalue weighted by Gasteiger charge is 2.19. The van der Waals surface area contributed by atoms with E-state index < -0.39 is 0 Å². The molecule has 1 heteroatoms. The molecule has 1 aromatic heterocycles. The van der Waals surface area contributed by atoms with Crippen molar-refractivity contribution in [3.63, 3.8) is 0 Å². The minimum absolute atomic E-state index is 1.02. The van der Waals surface area contributed by atoms with E-state index in [2.05, 4.69) is 188 Å². The molecule has 11 aromatic rings. The Hall–Kier alpha value is -6.83. The molecule has 0 aliphatic heterocycles. The van der Waals surface area contributed by atoms with Crippen LogP contribution in [0, 0.1) is 0 Å². The van der Waals surface area contributed by atoms with Crippen molar-refractivity contribution in [2.75, 3.05) is 0 Å². The van der Waals surface area contributed by atoms with Crippen molar-refractivity contribution in [3.05, 3.63) is 188 Å². The number of nitrogens with zero attached hydrogens (tertiary/aromatic N) is 1. The third-order valence-electron chi connectivity index (χ3n) is 10.9. The third-order valence-corrected chi connectivity index (χ3v) is 10.9. The summed E-state index contributed by atoms with van der Waals surface area (Å²) in [5, 5.41) is 14.7. The van der Waals surface area contributed by atoms with E-state index in [4.69, 9.17) is 4.98 Å². The summed E-state index contributed by atoms with van der Waals surface area (Å²) in [4.78, 5) is 5.17. The molecule has 0 bridgehead atoms. The third kappa shape index (κ3) is 4.46. The molecule has 0 aliphatic carbocycles. The predicted molar refractivity (Wildman–Crippen MR) is 223 cm³/mol. The summed E-state index contributed by atoms with van der Waals surface area (Å²) in [6, 6.07) is 69.0. The molecule has 0 N–H and O–H groups in total. The molecule has 10 aromatic carbocycles. The molecule has 0 amide bonds. The molecule has 0 fully saturated rings. The van der Waals surface area contributed by atoms with Gasteiger partial charge in [-0.05, 0) is 118 Å².